The van der Waals surface area contributed by atoms with Gasteiger partial charge in [-0.05, 0) is 33.8 Å². The Labute approximate surface area is 117 Å². The van der Waals surface area contributed by atoms with Crippen LogP contribution in [0.4, 0.5) is 0 Å². The molecule has 0 aliphatic carbocycles. The van der Waals surface area contributed by atoms with Crippen molar-refractivity contribution in [3.63, 3.8) is 0 Å². The van der Waals surface area contributed by atoms with E-state index in [-0.39, 0.29) is 6.54 Å². The number of hydrogen-bond donors (Lipinski definition) is 0. The second-order valence-electron chi connectivity index (χ2n) is 4.35. The van der Waals surface area contributed by atoms with Gasteiger partial charge in [0.1, 0.15) is 12.6 Å². The highest BCUT2D eigenvalue weighted by Crippen LogP contribution is 2.16. The van der Waals surface area contributed by atoms with Crippen LogP contribution in [-0.4, -0.2) is 29.2 Å². The van der Waals surface area contributed by atoms with Gasteiger partial charge in [0.2, 0.25) is 0 Å². The number of nitrogens with zero attached hydrogens (tertiary/aromatic N) is 2. The fourth-order valence-electron chi connectivity index (χ4n) is 1.85. The highest BCUT2D eigenvalue weighted by molar-refractivity contribution is 5.91. The third kappa shape index (κ3) is 3.60. The summed E-state index contributed by atoms with van der Waals surface area (Å²) in [4.78, 5) is 23.4. The molecule has 1 heterocycles. The largest absolute Gasteiger partial charge is 0.462 e. The predicted octanol–water partition coefficient (Wildman–Crippen LogP) is 1.74. The molecule has 6 heteroatoms. The highest BCUT2D eigenvalue weighted by Gasteiger charge is 2.19. The number of rotatable bonds is 5. The minimum Gasteiger partial charge on any atom is -0.462 e. The van der Waals surface area contributed by atoms with Crippen molar-refractivity contribution in [1.29, 1.82) is 5.26 Å². The van der Waals surface area contributed by atoms with E-state index in [1.165, 1.54) is 6.92 Å². The Bertz CT molecular complexity index is 554. The number of hydrogen-bond acceptors (Lipinski definition) is 5. The highest BCUT2D eigenvalue weighted by atomic mass is 16.5. The number of nitriles is 1. The van der Waals surface area contributed by atoms with Crippen molar-refractivity contribution in [2.45, 2.75) is 40.3 Å². The lowest BCUT2D eigenvalue weighted by atomic mass is 10.2. The fraction of sp³-hybridized carbons (Fsp3) is 0.500. The monoisotopic (exact) mass is 278 g/mol. The molecule has 1 rings (SSSR count). The van der Waals surface area contributed by atoms with E-state index in [4.69, 9.17) is 14.7 Å². The predicted molar refractivity (Wildman–Crippen MR) is 71.0 cm³/mol. The number of aryl methyl sites for hydroxylation is 1. The first kappa shape index (κ1) is 15.8. The van der Waals surface area contributed by atoms with Gasteiger partial charge in [-0.3, -0.25) is 4.79 Å². The molecule has 1 atom stereocenters. The molecule has 0 saturated carbocycles. The number of esters is 2. The Morgan fingerprint density at radius 2 is 2.10 bits per heavy atom. The van der Waals surface area contributed by atoms with Gasteiger partial charge in [0.25, 0.3) is 0 Å². The third-order valence-electron chi connectivity index (χ3n) is 2.85. The molecule has 20 heavy (non-hydrogen) atoms. The third-order valence-corrected chi connectivity index (χ3v) is 2.85. The Kier molecular flexibility index (Phi) is 5.32. The van der Waals surface area contributed by atoms with Gasteiger partial charge in [0, 0.05) is 11.4 Å². The normalized spacial score (nSPS) is 11.6. The van der Waals surface area contributed by atoms with Crippen LogP contribution in [0.15, 0.2) is 6.07 Å². The second-order valence-corrected chi connectivity index (χ2v) is 4.35. The summed E-state index contributed by atoms with van der Waals surface area (Å²) in [7, 11) is 0. The molecular weight excluding hydrogens is 260 g/mol. The molecule has 0 aromatic carbocycles. The smallest absolute Gasteiger partial charge is 0.339 e. The van der Waals surface area contributed by atoms with Crippen LogP contribution in [0.1, 0.15) is 35.6 Å². The average molecular weight is 278 g/mol. The summed E-state index contributed by atoms with van der Waals surface area (Å²) in [6.07, 6.45) is -0.789. The topological polar surface area (TPSA) is 81.3 Å². The molecule has 0 bridgehead atoms. The molecule has 0 spiro atoms. The van der Waals surface area contributed by atoms with Crippen LogP contribution >= 0.6 is 0 Å². The van der Waals surface area contributed by atoms with Crippen LogP contribution < -0.4 is 0 Å². The molecule has 0 amide bonds. The van der Waals surface area contributed by atoms with E-state index in [0.717, 1.165) is 5.69 Å². The number of carbonyl (C=O) groups is 2. The van der Waals surface area contributed by atoms with E-state index in [1.54, 1.807) is 31.4 Å². The van der Waals surface area contributed by atoms with Gasteiger partial charge in [0.15, 0.2) is 6.10 Å². The van der Waals surface area contributed by atoms with Crippen molar-refractivity contribution < 1.29 is 19.1 Å². The molecule has 1 aromatic heterocycles. The molecule has 0 aliphatic rings. The molecule has 1 aromatic rings. The van der Waals surface area contributed by atoms with Crippen molar-refractivity contribution in [3.05, 3.63) is 23.0 Å². The summed E-state index contributed by atoms with van der Waals surface area (Å²) in [5.74, 6) is -0.929. The summed E-state index contributed by atoms with van der Waals surface area (Å²) < 4.78 is 11.5. The first-order valence-electron chi connectivity index (χ1n) is 6.33. The van der Waals surface area contributed by atoms with E-state index in [2.05, 4.69) is 0 Å². The first-order valence-corrected chi connectivity index (χ1v) is 6.33. The SMILES string of the molecule is CCOC(=O)c1cc(C)n(CC(=O)O[C@H](C)C#N)c1C. The molecular formula is C14H18N2O4. The Hall–Kier alpha value is -2.29. The summed E-state index contributed by atoms with van der Waals surface area (Å²) in [6.45, 7) is 7.01. The molecule has 6 nitrogen and oxygen atoms in total. The van der Waals surface area contributed by atoms with Gasteiger partial charge < -0.3 is 14.0 Å². The fourth-order valence-corrected chi connectivity index (χ4v) is 1.85. The van der Waals surface area contributed by atoms with Crippen molar-refractivity contribution in [1.82, 2.24) is 4.57 Å². The second kappa shape index (κ2) is 6.75. The lowest BCUT2D eigenvalue weighted by Gasteiger charge is -2.10. The maximum absolute atomic E-state index is 11.7. The Morgan fingerprint density at radius 1 is 1.45 bits per heavy atom. The van der Waals surface area contributed by atoms with E-state index in [9.17, 15) is 9.59 Å². The number of ether oxygens (including phenoxy) is 2. The standard InChI is InChI=1S/C14H18N2O4/c1-5-19-14(18)12-6-9(2)16(11(12)4)8-13(17)20-10(3)7-15/h6,10H,5,8H2,1-4H3/t10-/m1/s1. The number of aromatic nitrogens is 1. The van der Waals surface area contributed by atoms with Gasteiger partial charge in [-0.2, -0.15) is 5.26 Å². The summed E-state index contributed by atoms with van der Waals surface area (Å²) in [6, 6.07) is 3.50. The number of carbonyl (C=O) groups excluding carboxylic acids is 2. The molecule has 0 saturated heterocycles. The zero-order valence-electron chi connectivity index (χ0n) is 12.1. The minimum atomic E-state index is -0.789. The molecule has 0 radical (unpaired) electrons. The van der Waals surface area contributed by atoms with Gasteiger partial charge in [-0.25, -0.2) is 4.79 Å². The molecule has 0 N–H and O–H groups in total. The van der Waals surface area contributed by atoms with Gasteiger partial charge in [-0.1, -0.05) is 0 Å². The lowest BCUT2D eigenvalue weighted by molar-refractivity contribution is -0.146. The van der Waals surface area contributed by atoms with Gasteiger partial charge in [-0.15, -0.1) is 0 Å². The maximum Gasteiger partial charge on any atom is 0.339 e. The van der Waals surface area contributed by atoms with E-state index in [1.807, 2.05) is 6.07 Å². The molecule has 0 aliphatic heterocycles. The Balaban J connectivity index is 2.89. The summed E-state index contributed by atoms with van der Waals surface area (Å²) >= 11 is 0. The van der Waals surface area contributed by atoms with Crippen molar-refractivity contribution in [2.75, 3.05) is 6.61 Å². The maximum atomic E-state index is 11.7. The summed E-state index contributed by atoms with van der Waals surface area (Å²) in [5.41, 5.74) is 1.83. The molecule has 0 unspecified atom stereocenters. The zero-order chi connectivity index (χ0) is 15.3. The first-order chi connectivity index (χ1) is 9.40. The summed E-state index contributed by atoms with van der Waals surface area (Å²) in [5, 5.41) is 8.60. The molecule has 108 valence electrons. The van der Waals surface area contributed by atoms with Crippen LogP contribution in [0.5, 0.6) is 0 Å². The van der Waals surface area contributed by atoms with Crippen molar-refractivity contribution in [3.8, 4) is 6.07 Å². The van der Waals surface area contributed by atoms with Gasteiger partial charge in [0.05, 0.1) is 12.2 Å². The van der Waals surface area contributed by atoms with E-state index in [0.29, 0.717) is 17.9 Å². The van der Waals surface area contributed by atoms with Crippen LogP contribution in [0, 0.1) is 25.2 Å². The van der Waals surface area contributed by atoms with E-state index >= 15 is 0 Å². The molecule has 0 fully saturated rings. The average Bonchev–Trinajstić information content (AvgIpc) is 2.67. The van der Waals surface area contributed by atoms with Crippen LogP contribution in [-0.2, 0) is 20.8 Å². The lowest BCUT2D eigenvalue weighted by Crippen LogP contribution is -2.20. The van der Waals surface area contributed by atoms with Crippen LogP contribution in [0.3, 0.4) is 0 Å². The van der Waals surface area contributed by atoms with E-state index < -0.39 is 18.0 Å². The zero-order valence-corrected chi connectivity index (χ0v) is 12.1. The quantitative estimate of drug-likeness (QED) is 0.766. The van der Waals surface area contributed by atoms with Crippen LogP contribution in [0.2, 0.25) is 0 Å². The van der Waals surface area contributed by atoms with Crippen LogP contribution in [0.25, 0.3) is 0 Å². The van der Waals surface area contributed by atoms with Crippen molar-refractivity contribution >= 4 is 11.9 Å². The van der Waals surface area contributed by atoms with Crippen molar-refractivity contribution in [2.24, 2.45) is 0 Å². The van der Waals surface area contributed by atoms with Gasteiger partial charge >= 0.3 is 11.9 Å². The minimum absolute atomic E-state index is 0.0386. The Morgan fingerprint density at radius 3 is 2.65 bits per heavy atom.